The van der Waals surface area contributed by atoms with Crippen LogP contribution in [0.25, 0.3) is 0 Å². The van der Waals surface area contributed by atoms with Gasteiger partial charge < -0.3 is 25.3 Å². The first kappa shape index (κ1) is 13.3. The Kier molecular flexibility index (Phi) is 4.15. The number of carboxylic acid groups (broad SMARTS) is 2. The standard InChI is InChI=1S/C6H9NO8/c7-15-2(8)1-6(14,5(12)13)3(9)4(10)11/h3,9,14H,1,7H2,(H,10,11)(H,12,13). The van der Waals surface area contributed by atoms with Crippen LogP contribution in [0.4, 0.5) is 0 Å². The zero-order valence-corrected chi connectivity index (χ0v) is 7.28. The highest BCUT2D eigenvalue weighted by atomic mass is 16.7. The van der Waals surface area contributed by atoms with Gasteiger partial charge in [0.2, 0.25) is 5.60 Å². The molecule has 0 aliphatic heterocycles. The van der Waals surface area contributed by atoms with E-state index < -0.39 is 36.0 Å². The van der Waals surface area contributed by atoms with E-state index in [1.165, 1.54) is 0 Å². The van der Waals surface area contributed by atoms with Crippen molar-refractivity contribution in [1.82, 2.24) is 0 Å². The molecule has 0 aliphatic rings. The lowest BCUT2D eigenvalue weighted by atomic mass is 9.93. The Hall–Kier alpha value is -1.71. The zero-order valence-electron chi connectivity index (χ0n) is 7.28. The Morgan fingerprint density at radius 3 is 2.07 bits per heavy atom. The summed E-state index contributed by atoms with van der Waals surface area (Å²) in [5, 5.41) is 34.9. The van der Waals surface area contributed by atoms with Crippen molar-refractivity contribution in [3.63, 3.8) is 0 Å². The van der Waals surface area contributed by atoms with Gasteiger partial charge in [0, 0.05) is 0 Å². The minimum atomic E-state index is -3.18. The Morgan fingerprint density at radius 2 is 1.80 bits per heavy atom. The van der Waals surface area contributed by atoms with Crippen molar-refractivity contribution in [3.8, 4) is 0 Å². The summed E-state index contributed by atoms with van der Waals surface area (Å²) in [5.41, 5.74) is -3.18. The van der Waals surface area contributed by atoms with E-state index in [1.807, 2.05) is 0 Å². The van der Waals surface area contributed by atoms with E-state index in [1.54, 1.807) is 0 Å². The number of hydrogen-bond acceptors (Lipinski definition) is 7. The lowest BCUT2D eigenvalue weighted by Crippen LogP contribution is -2.54. The van der Waals surface area contributed by atoms with Crippen LogP contribution in [0, 0.1) is 0 Å². The largest absolute Gasteiger partial charge is 0.479 e. The summed E-state index contributed by atoms with van der Waals surface area (Å²) >= 11 is 0. The Balaban J connectivity index is 4.98. The van der Waals surface area contributed by atoms with Gasteiger partial charge in [-0.05, 0) is 0 Å². The quantitative estimate of drug-likeness (QED) is 0.306. The van der Waals surface area contributed by atoms with Crippen molar-refractivity contribution in [2.45, 2.75) is 18.1 Å². The normalized spacial score (nSPS) is 16.2. The van der Waals surface area contributed by atoms with Gasteiger partial charge in [-0.25, -0.2) is 9.59 Å². The van der Waals surface area contributed by atoms with Crippen LogP contribution in [0.3, 0.4) is 0 Å². The third-order valence-corrected chi connectivity index (χ3v) is 1.60. The zero-order chi connectivity index (χ0) is 12.2. The molecule has 0 bridgehead atoms. The number of carboxylic acids is 2. The van der Waals surface area contributed by atoms with Crippen molar-refractivity contribution >= 4 is 17.9 Å². The highest BCUT2D eigenvalue weighted by molar-refractivity contribution is 5.91. The highest BCUT2D eigenvalue weighted by Gasteiger charge is 2.49. The first-order valence-electron chi connectivity index (χ1n) is 3.52. The third kappa shape index (κ3) is 2.87. The molecule has 2 unspecified atom stereocenters. The predicted octanol–water partition coefficient (Wildman–Crippen LogP) is -2.95. The maximum absolute atomic E-state index is 10.6. The smallest absolute Gasteiger partial charge is 0.339 e. The SMILES string of the molecule is NOC(=O)CC(O)(C(=O)O)C(O)C(=O)O. The number of aliphatic hydroxyl groups is 2. The number of aliphatic hydroxyl groups excluding tert-OH is 1. The molecular weight excluding hydrogens is 214 g/mol. The predicted molar refractivity (Wildman–Crippen MR) is 41.1 cm³/mol. The van der Waals surface area contributed by atoms with Gasteiger partial charge in [-0.1, -0.05) is 0 Å². The fraction of sp³-hybridized carbons (Fsp3) is 0.500. The summed E-state index contributed by atoms with van der Waals surface area (Å²) in [5.74, 6) is -1.08. The lowest BCUT2D eigenvalue weighted by Gasteiger charge is -2.24. The van der Waals surface area contributed by atoms with Crippen LogP contribution in [0.5, 0.6) is 0 Å². The minimum absolute atomic E-state index is 1.29. The first-order chi connectivity index (χ1) is 6.75. The average molecular weight is 223 g/mol. The molecule has 0 aromatic heterocycles. The van der Waals surface area contributed by atoms with Gasteiger partial charge >= 0.3 is 17.9 Å². The molecule has 0 heterocycles. The van der Waals surface area contributed by atoms with E-state index in [0.29, 0.717) is 0 Å². The van der Waals surface area contributed by atoms with Gasteiger partial charge in [-0.15, -0.1) is 0 Å². The Bertz CT molecular complexity index is 289. The molecule has 9 nitrogen and oxygen atoms in total. The van der Waals surface area contributed by atoms with E-state index >= 15 is 0 Å². The molecule has 2 atom stereocenters. The maximum atomic E-state index is 10.6. The minimum Gasteiger partial charge on any atom is -0.479 e. The van der Waals surface area contributed by atoms with Crippen molar-refractivity contribution in [2.75, 3.05) is 0 Å². The topological polar surface area (TPSA) is 167 Å². The van der Waals surface area contributed by atoms with E-state index in [4.69, 9.17) is 15.3 Å². The molecule has 6 N–H and O–H groups in total. The molecule has 0 spiro atoms. The van der Waals surface area contributed by atoms with E-state index in [2.05, 4.69) is 10.7 Å². The van der Waals surface area contributed by atoms with E-state index in [0.717, 1.165) is 0 Å². The number of rotatable bonds is 5. The number of carbonyl (C=O) groups excluding carboxylic acids is 1. The van der Waals surface area contributed by atoms with Crippen molar-refractivity contribution in [3.05, 3.63) is 0 Å². The summed E-state index contributed by atoms with van der Waals surface area (Å²) in [4.78, 5) is 34.9. The summed E-state index contributed by atoms with van der Waals surface area (Å²) in [6.07, 6.45) is -3.96. The second-order valence-corrected chi connectivity index (χ2v) is 2.64. The van der Waals surface area contributed by atoms with Crippen LogP contribution in [0.1, 0.15) is 6.42 Å². The highest BCUT2D eigenvalue weighted by Crippen LogP contribution is 2.17. The van der Waals surface area contributed by atoms with Crippen molar-refractivity contribution in [1.29, 1.82) is 0 Å². The summed E-state index contributed by atoms with van der Waals surface area (Å²) in [6, 6.07) is 0. The molecule has 86 valence electrons. The van der Waals surface area contributed by atoms with Crippen molar-refractivity contribution < 1.29 is 39.6 Å². The number of hydrogen-bond donors (Lipinski definition) is 5. The average Bonchev–Trinajstić information content (AvgIpc) is 2.15. The summed E-state index contributed by atoms with van der Waals surface area (Å²) in [6.45, 7) is 0. The maximum Gasteiger partial charge on any atom is 0.339 e. The molecule has 0 fully saturated rings. The van der Waals surface area contributed by atoms with Gasteiger partial charge in [0.15, 0.2) is 6.10 Å². The molecule has 0 aliphatic carbocycles. The summed E-state index contributed by atoms with van der Waals surface area (Å²) in [7, 11) is 0. The Labute approximate surface area is 82.6 Å². The monoisotopic (exact) mass is 223 g/mol. The first-order valence-corrected chi connectivity index (χ1v) is 3.52. The van der Waals surface area contributed by atoms with Crippen LogP contribution < -0.4 is 5.90 Å². The molecule has 0 aromatic rings. The van der Waals surface area contributed by atoms with Crippen LogP contribution in [0.15, 0.2) is 0 Å². The molecule has 0 radical (unpaired) electrons. The molecule has 0 saturated heterocycles. The van der Waals surface area contributed by atoms with Gasteiger partial charge in [0.05, 0.1) is 6.42 Å². The molecule has 15 heavy (non-hydrogen) atoms. The number of nitrogens with two attached hydrogens (primary N) is 1. The second-order valence-electron chi connectivity index (χ2n) is 2.64. The number of aliphatic carboxylic acids is 2. The fourth-order valence-corrected chi connectivity index (χ4v) is 0.755. The Morgan fingerprint density at radius 1 is 1.33 bits per heavy atom. The van der Waals surface area contributed by atoms with Gasteiger partial charge in [0.25, 0.3) is 0 Å². The lowest BCUT2D eigenvalue weighted by molar-refractivity contribution is -0.188. The molecule has 9 heteroatoms. The van der Waals surface area contributed by atoms with Crippen LogP contribution in [-0.4, -0.2) is 50.0 Å². The molecule has 0 saturated carbocycles. The second kappa shape index (κ2) is 4.68. The van der Waals surface area contributed by atoms with E-state index in [-0.39, 0.29) is 0 Å². The van der Waals surface area contributed by atoms with Crippen LogP contribution in [-0.2, 0) is 19.2 Å². The van der Waals surface area contributed by atoms with Gasteiger partial charge in [0.1, 0.15) is 0 Å². The summed E-state index contributed by atoms with van der Waals surface area (Å²) < 4.78 is 0. The van der Waals surface area contributed by atoms with Gasteiger partial charge in [-0.3, -0.25) is 4.79 Å². The number of carbonyl (C=O) groups is 3. The van der Waals surface area contributed by atoms with Gasteiger partial charge in [-0.2, -0.15) is 5.90 Å². The van der Waals surface area contributed by atoms with Crippen LogP contribution >= 0.6 is 0 Å². The molecule has 0 amide bonds. The molecular formula is C6H9NO8. The molecule has 0 rings (SSSR count). The van der Waals surface area contributed by atoms with E-state index in [9.17, 15) is 19.5 Å². The molecule has 0 aromatic carbocycles. The third-order valence-electron chi connectivity index (χ3n) is 1.60. The fourth-order valence-electron chi connectivity index (χ4n) is 0.755. The van der Waals surface area contributed by atoms with Crippen LogP contribution in [0.2, 0.25) is 0 Å². The van der Waals surface area contributed by atoms with Crippen molar-refractivity contribution in [2.24, 2.45) is 5.90 Å².